The highest BCUT2D eigenvalue weighted by molar-refractivity contribution is 7.14. The summed E-state index contributed by atoms with van der Waals surface area (Å²) in [6.45, 7) is 3.90. The van der Waals surface area contributed by atoms with Crippen LogP contribution in [0.3, 0.4) is 0 Å². The van der Waals surface area contributed by atoms with E-state index in [0.29, 0.717) is 11.6 Å². The second kappa shape index (κ2) is 6.96. The molecule has 0 aliphatic carbocycles. The Morgan fingerprint density at radius 3 is 2.67 bits per heavy atom. The van der Waals surface area contributed by atoms with Crippen molar-refractivity contribution in [3.05, 3.63) is 64.8 Å². The first-order chi connectivity index (χ1) is 13.0. The van der Waals surface area contributed by atoms with Crippen molar-refractivity contribution >= 4 is 33.1 Å². The maximum absolute atomic E-state index is 12.4. The lowest BCUT2D eigenvalue weighted by Gasteiger charge is -2.03. The van der Waals surface area contributed by atoms with Crippen LogP contribution in [-0.4, -0.2) is 20.7 Å². The number of amides is 1. The summed E-state index contributed by atoms with van der Waals surface area (Å²) in [5, 5.41) is 12.2. The fourth-order valence-electron chi connectivity index (χ4n) is 3.21. The molecule has 0 fully saturated rings. The lowest BCUT2D eigenvalue weighted by Crippen LogP contribution is -2.15. The van der Waals surface area contributed by atoms with Crippen molar-refractivity contribution in [3.8, 4) is 11.3 Å². The predicted molar refractivity (Wildman–Crippen MR) is 110 cm³/mol. The van der Waals surface area contributed by atoms with Crippen LogP contribution < -0.4 is 5.32 Å². The molecule has 0 unspecified atom stereocenters. The lowest BCUT2D eigenvalue weighted by atomic mass is 10.1. The van der Waals surface area contributed by atoms with E-state index < -0.39 is 0 Å². The highest BCUT2D eigenvalue weighted by atomic mass is 32.1. The van der Waals surface area contributed by atoms with E-state index in [1.54, 1.807) is 4.68 Å². The predicted octanol–water partition coefficient (Wildman–Crippen LogP) is 4.49. The fraction of sp³-hybridized carbons (Fsp3) is 0.190. The average Bonchev–Trinajstić information content (AvgIpc) is 3.21. The molecular formula is C21H20N4OS. The van der Waals surface area contributed by atoms with E-state index in [1.165, 1.54) is 22.1 Å². The molecule has 0 aliphatic rings. The summed E-state index contributed by atoms with van der Waals surface area (Å²) < 4.78 is 1.80. The topological polar surface area (TPSA) is 59.8 Å². The summed E-state index contributed by atoms with van der Waals surface area (Å²) in [7, 11) is 1.89. The molecule has 2 heterocycles. The lowest BCUT2D eigenvalue weighted by molar-refractivity contribution is -0.115. The summed E-state index contributed by atoms with van der Waals surface area (Å²) >= 11 is 1.44. The number of fused-ring (bicyclic) bond motifs is 1. The van der Waals surface area contributed by atoms with Crippen LogP contribution in [-0.2, 0) is 18.3 Å². The highest BCUT2D eigenvalue weighted by Crippen LogP contribution is 2.28. The van der Waals surface area contributed by atoms with Crippen molar-refractivity contribution in [2.75, 3.05) is 5.32 Å². The van der Waals surface area contributed by atoms with Gasteiger partial charge < -0.3 is 5.32 Å². The van der Waals surface area contributed by atoms with Crippen LogP contribution in [0.1, 0.15) is 17.0 Å². The minimum Gasteiger partial charge on any atom is -0.302 e. The fourth-order valence-corrected chi connectivity index (χ4v) is 3.95. The number of hydrogen-bond acceptors (Lipinski definition) is 4. The Balaban J connectivity index is 1.51. The van der Waals surface area contributed by atoms with Gasteiger partial charge in [-0.05, 0) is 30.7 Å². The molecule has 0 atom stereocenters. The first-order valence-corrected chi connectivity index (χ1v) is 9.63. The molecule has 2 aromatic carbocycles. The number of nitrogens with zero attached hydrogens (tertiary/aromatic N) is 3. The molecule has 5 nitrogen and oxygen atoms in total. The van der Waals surface area contributed by atoms with Crippen molar-refractivity contribution in [1.29, 1.82) is 0 Å². The van der Waals surface area contributed by atoms with Gasteiger partial charge in [0, 0.05) is 29.2 Å². The van der Waals surface area contributed by atoms with Crippen LogP contribution in [0.25, 0.3) is 22.0 Å². The molecule has 0 bridgehead atoms. The SMILES string of the molecule is Cc1nn(C)c(C)c1CC(=O)Nc1nc(-c2ccc3ccccc3c2)cs1. The van der Waals surface area contributed by atoms with Gasteiger partial charge in [0.2, 0.25) is 5.91 Å². The first-order valence-electron chi connectivity index (χ1n) is 8.75. The molecule has 2 aromatic heterocycles. The monoisotopic (exact) mass is 376 g/mol. The Labute approximate surface area is 161 Å². The van der Waals surface area contributed by atoms with Crippen LogP contribution in [0.2, 0.25) is 0 Å². The molecule has 4 aromatic rings. The summed E-state index contributed by atoms with van der Waals surface area (Å²) in [6, 6.07) is 14.5. The minimum absolute atomic E-state index is 0.0754. The van der Waals surface area contributed by atoms with E-state index in [0.717, 1.165) is 28.2 Å². The van der Waals surface area contributed by atoms with Gasteiger partial charge in [0.25, 0.3) is 0 Å². The van der Waals surface area contributed by atoms with E-state index in [1.807, 2.05) is 38.4 Å². The molecule has 136 valence electrons. The Morgan fingerprint density at radius 2 is 1.93 bits per heavy atom. The first kappa shape index (κ1) is 17.4. The van der Waals surface area contributed by atoms with Crippen LogP contribution in [0.4, 0.5) is 5.13 Å². The van der Waals surface area contributed by atoms with E-state index in [9.17, 15) is 4.79 Å². The Kier molecular flexibility index (Phi) is 4.49. The van der Waals surface area contributed by atoms with Crippen LogP contribution >= 0.6 is 11.3 Å². The second-order valence-electron chi connectivity index (χ2n) is 6.60. The van der Waals surface area contributed by atoms with Gasteiger partial charge in [0.15, 0.2) is 5.13 Å². The van der Waals surface area contributed by atoms with Crippen LogP contribution in [0.15, 0.2) is 47.8 Å². The molecular weight excluding hydrogens is 356 g/mol. The molecule has 1 N–H and O–H groups in total. The van der Waals surface area contributed by atoms with E-state index in [2.05, 4.69) is 45.7 Å². The smallest absolute Gasteiger partial charge is 0.230 e. The quantitative estimate of drug-likeness (QED) is 0.571. The molecule has 4 rings (SSSR count). The van der Waals surface area contributed by atoms with Crippen molar-refractivity contribution in [3.63, 3.8) is 0 Å². The van der Waals surface area contributed by atoms with Crippen LogP contribution in [0.5, 0.6) is 0 Å². The van der Waals surface area contributed by atoms with Crippen molar-refractivity contribution in [2.24, 2.45) is 7.05 Å². The number of nitrogens with one attached hydrogen (secondary N) is 1. The third-order valence-corrected chi connectivity index (χ3v) is 5.55. The largest absolute Gasteiger partial charge is 0.302 e. The number of rotatable bonds is 4. The normalized spacial score (nSPS) is 11.1. The van der Waals surface area contributed by atoms with Crippen molar-refractivity contribution < 1.29 is 4.79 Å². The summed E-state index contributed by atoms with van der Waals surface area (Å²) in [5.41, 5.74) is 4.79. The molecule has 0 saturated heterocycles. The maximum Gasteiger partial charge on any atom is 0.230 e. The number of thiazole rings is 1. The number of aryl methyl sites for hydroxylation is 2. The van der Waals surface area contributed by atoms with Gasteiger partial charge in [-0.2, -0.15) is 5.10 Å². The molecule has 0 aliphatic heterocycles. The standard InChI is InChI=1S/C21H20N4OS/c1-13-18(14(2)25(3)24-13)11-20(26)23-21-22-19(12-27-21)17-9-8-15-6-4-5-7-16(15)10-17/h4-10,12H,11H2,1-3H3,(H,22,23,26). The van der Waals surface area contributed by atoms with Crippen molar-refractivity contribution in [2.45, 2.75) is 20.3 Å². The molecule has 1 amide bonds. The summed E-state index contributed by atoms with van der Waals surface area (Å²) in [5.74, 6) is -0.0754. The van der Waals surface area contributed by atoms with Gasteiger partial charge >= 0.3 is 0 Å². The second-order valence-corrected chi connectivity index (χ2v) is 7.46. The molecule has 0 saturated carbocycles. The Hall–Kier alpha value is -2.99. The van der Waals surface area contributed by atoms with Gasteiger partial charge in [0.05, 0.1) is 17.8 Å². The number of carbonyl (C=O) groups is 1. The number of benzene rings is 2. The zero-order valence-corrected chi connectivity index (χ0v) is 16.3. The summed E-state index contributed by atoms with van der Waals surface area (Å²) in [4.78, 5) is 17.0. The zero-order chi connectivity index (χ0) is 19.0. The van der Waals surface area contributed by atoms with Gasteiger partial charge in [-0.1, -0.05) is 36.4 Å². The number of aromatic nitrogens is 3. The number of hydrogen-bond donors (Lipinski definition) is 1. The maximum atomic E-state index is 12.4. The van der Waals surface area contributed by atoms with Gasteiger partial charge in [-0.15, -0.1) is 11.3 Å². The molecule has 0 radical (unpaired) electrons. The van der Waals surface area contributed by atoms with Crippen LogP contribution in [0, 0.1) is 13.8 Å². The molecule has 27 heavy (non-hydrogen) atoms. The Morgan fingerprint density at radius 1 is 1.15 bits per heavy atom. The minimum atomic E-state index is -0.0754. The number of anilines is 1. The molecule has 6 heteroatoms. The van der Waals surface area contributed by atoms with Gasteiger partial charge in [0.1, 0.15) is 0 Å². The highest BCUT2D eigenvalue weighted by Gasteiger charge is 2.15. The van der Waals surface area contributed by atoms with E-state index in [-0.39, 0.29) is 5.91 Å². The summed E-state index contributed by atoms with van der Waals surface area (Å²) in [6.07, 6.45) is 0.302. The third kappa shape index (κ3) is 3.48. The van der Waals surface area contributed by atoms with Gasteiger partial charge in [-0.25, -0.2) is 4.98 Å². The number of carbonyl (C=O) groups excluding carboxylic acids is 1. The Bertz CT molecular complexity index is 1140. The molecule has 0 spiro atoms. The zero-order valence-electron chi connectivity index (χ0n) is 15.5. The van der Waals surface area contributed by atoms with Crippen molar-refractivity contribution in [1.82, 2.24) is 14.8 Å². The van der Waals surface area contributed by atoms with E-state index in [4.69, 9.17) is 0 Å². The van der Waals surface area contributed by atoms with Gasteiger partial charge in [-0.3, -0.25) is 9.48 Å². The third-order valence-electron chi connectivity index (χ3n) is 4.79. The average molecular weight is 376 g/mol. The van der Waals surface area contributed by atoms with E-state index >= 15 is 0 Å².